The summed E-state index contributed by atoms with van der Waals surface area (Å²) in [5.74, 6) is -2.72. The fourth-order valence-corrected chi connectivity index (χ4v) is 4.87. The molecule has 1 heterocycles. The van der Waals surface area contributed by atoms with Crippen LogP contribution in [0.3, 0.4) is 0 Å². The number of sulfonamides is 1. The van der Waals surface area contributed by atoms with E-state index in [1.165, 1.54) is 36.4 Å². The molecule has 2 aromatic rings. The molecule has 0 bridgehead atoms. The number of aryl methyl sites for hydroxylation is 1. The van der Waals surface area contributed by atoms with Crippen molar-refractivity contribution in [1.29, 1.82) is 0 Å². The Hall–Kier alpha value is -3.94. The fraction of sp³-hybridized carbons (Fsp3) is 0.346. The van der Waals surface area contributed by atoms with Crippen LogP contribution >= 0.6 is 0 Å². The average Bonchev–Trinajstić information content (AvgIpc) is 3.13. The molecule has 0 aliphatic carbocycles. The van der Waals surface area contributed by atoms with Gasteiger partial charge in [-0.2, -0.15) is 9.71 Å². The summed E-state index contributed by atoms with van der Waals surface area (Å²) < 4.78 is 37.0. The van der Waals surface area contributed by atoms with Gasteiger partial charge in [-0.15, -0.1) is 0 Å². The lowest BCUT2D eigenvalue weighted by molar-refractivity contribution is -0.138. The standard InChI is InChI=1S/C26H30N4O8S/c1-5-9-15-12-16(13-18-21(15)22(28-23(18)32)29-25(34)38-26(2,3)4)24(33)37-20(31)14-19(27)30-39(35,36)17-10-7-6-8-11-17/h6-8,10-13,19,30H,5,9,14,27H2,1-4H3,(H,28,29,32,34)/t19-/m0/s1. The number of nitrogens with two attached hydrogens (primary N) is 1. The highest BCUT2D eigenvalue weighted by molar-refractivity contribution is 7.89. The molecule has 1 atom stereocenters. The van der Waals surface area contributed by atoms with Gasteiger partial charge in [0.25, 0.3) is 5.91 Å². The number of hydrogen-bond acceptors (Lipinski definition) is 9. The first-order chi connectivity index (χ1) is 18.2. The smallest absolute Gasteiger partial charge is 0.436 e. The summed E-state index contributed by atoms with van der Waals surface area (Å²) >= 11 is 0. The van der Waals surface area contributed by atoms with Gasteiger partial charge in [0.2, 0.25) is 10.0 Å². The molecule has 0 unspecified atom stereocenters. The van der Waals surface area contributed by atoms with Gasteiger partial charge in [0, 0.05) is 5.56 Å². The lowest BCUT2D eigenvalue weighted by atomic mass is 9.96. The third kappa shape index (κ3) is 7.78. The van der Waals surface area contributed by atoms with Crippen molar-refractivity contribution < 1.29 is 37.1 Å². The Kier molecular flexibility index (Phi) is 8.99. The van der Waals surface area contributed by atoms with Crippen LogP contribution in [0.4, 0.5) is 4.79 Å². The minimum absolute atomic E-state index is 0.000340. The van der Waals surface area contributed by atoms with Crippen molar-refractivity contribution in [2.75, 3.05) is 0 Å². The van der Waals surface area contributed by atoms with Gasteiger partial charge in [-0.05, 0) is 57.0 Å². The Balaban J connectivity index is 1.77. The molecule has 3 rings (SSSR count). The number of ether oxygens (including phenoxy) is 2. The first kappa shape index (κ1) is 29.6. The molecule has 0 aromatic heterocycles. The average molecular weight is 559 g/mol. The molecule has 2 aromatic carbocycles. The van der Waals surface area contributed by atoms with E-state index in [1.807, 2.05) is 6.92 Å². The number of amides is 2. The third-order valence-corrected chi connectivity index (χ3v) is 6.74. The number of benzene rings is 2. The maximum Gasteiger partial charge on any atom is 0.436 e. The second-order valence-corrected chi connectivity index (χ2v) is 11.4. The van der Waals surface area contributed by atoms with Crippen LogP contribution in [0.15, 0.2) is 52.4 Å². The molecule has 4 N–H and O–H groups in total. The zero-order valence-corrected chi connectivity index (χ0v) is 22.8. The van der Waals surface area contributed by atoms with Gasteiger partial charge < -0.3 is 20.5 Å². The van der Waals surface area contributed by atoms with E-state index in [1.54, 1.807) is 26.8 Å². The minimum Gasteiger partial charge on any atom is -0.442 e. The Morgan fingerprint density at radius 1 is 1.13 bits per heavy atom. The van der Waals surface area contributed by atoms with E-state index in [4.69, 9.17) is 15.2 Å². The van der Waals surface area contributed by atoms with Gasteiger partial charge in [-0.25, -0.2) is 18.0 Å². The van der Waals surface area contributed by atoms with Gasteiger partial charge in [-0.3, -0.25) is 9.59 Å². The van der Waals surface area contributed by atoms with Crippen molar-refractivity contribution in [2.24, 2.45) is 10.7 Å². The highest BCUT2D eigenvalue weighted by Crippen LogP contribution is 2.25. The van der Waals surface area contributed by atoms with Crippen LogP contribution in [0, 0.1) is 0 Å². The molecule has 0 saturated carbocycles. The van der Waals surface area contributed by atoms with Gasteiger partial charge in [-0.1, -0.05) is 31.5 Å². The number of fused-ring (bicyclic) bond motifs is 1. The normalized spacial score (nSPS) is 14.9. The zero-order valence-electron chi connectivity index (χ0n) is 21.9. The predicted molar refractivity (Wildman–Crippen MR) is 140 cm³/mol. The number of esters is 2. The summed E-state index contributed by atoms with van der Waals surface area (Å²) in [7, 11) is -3.99. The molecule has 12 nitrogen and oxygen atoms in total. The summed E-state index contributed by atoms with van der Waals surface area (Å²) in [4.78, 5) is 53.8. The molecule has 2 amide bonds. The number of carbonyl (C=O) groups excluding carboxylic acids is 4. The molecule has 0 fully saturated rings. The molecule has 0 spiro atoms. The number of carbonyl (C=O) groups is 4. The highest BCUT2D eigenvalue weighted by atomic mass is 32.2. The first-order valence-corrected chi connectivity index (χ1v) is 13.6. The number of amidine groups is 1. The van der Waals surface area contributed by atoms with Gasteiger partial charge in [0.15, 0.2) is 0 Å². The number of nitrogens with zero attached hydrogens (tertiary/aromatic N) is 1. The topological polar surface area (TPSA) is 183 Å². The molecule has 0 radical (unpaired) electrons. The van der Waals surface area contributed by atoms with Gasteiger partial charge in [0.1, 0.15) is 11.4 Å². The largest absolute Gasteiger partial charge is 0.442 e. The quantitative estimate of drug-likeness (QED) is 0.249. The zero-order chi connectivity index (χ0) is 29.0. The maximum absolute atomic E-state index is 12.8. The van der Waals surface area contributed by atoms with E-state index in [-0.39, 0.29) is 21.9 Å². The van der Waals surface area contributed by atoms with Crippen LogP contribution in [-0.4, -0.2) is 50.0 Å². The molecule has 1 aliphatic rings. The Morgan fingerprint density at radius 3 is 2.41 bits per heavy atom. The molecule has 1 aliphatic heterocycles. The minimum atomic E-state index is -3.99. The van der Waals surface area contributed by atoms with Crippen LogP contribution in [0.5, 0.6) is 0 Å². The summed E-state index contributed by atoms with van der Waals surface area (Å²) in [6.07, 6.45) is -1.82. The number of rotatable bonds is 8. The van der Waals surface area contributed by atoms with Gasteiger partial charge in [0.05, 0.1) is 28.6 Å². The summed E-state index contributed by atoms with van der Waals surface area (Å²) in [5.41, 5.74) is 5.84. The number of nitrogens with one attached hydrogen (secondary N) is 2. The molecule has 13 heteroatoms. The second-order valence-electron chi connectivity index (χ2n) is 9.71. The maximum atomic E-state index is 12.8. The third-order valence-electron chi connectivity index (χ3n) is 5.24. The van der Waals surface area contributed by atoms with Crippen molar-refractivity contribution in [3.63, 3.8) is 0 Å². The highest BCUT2D eigenvalue weighted by Gasteiger charge is 2.32. The first-order valence-electron chi connectivity index (χ1n) is 12.1. The van der Waals surface area contributed by atoms with E-state index < -0.39 is 52.1 Å². The van der Waals surface area contributed by atoms with Crippen LogP contribution in [-0.2, 0) is 30.7 Å². The molecular weight excluding hydrogens is 528 g/mol. The Labute approximate surface area is 226 Å². The van der Waals surface area contributed by atoms with Crippen molar-refractivity contribution in [2.45, 2.75) is 63.6 Å². The van der Waals surface area contributed by atoms with Crippen LogP contribution in [0.2, 0.25) is 0 Å². The number of aliphatic imine (C=N–C) groups is 1. The SMILES string of the molecule is CCCc1cc(C(=O)OC(=O)C[C@@H](N)NS(=O)(=O)c2ccccc2)cc2c1C(=NC(=O)OC(C)(C)C)NC2=O. The van der Waals surface area contributed by atoms with Crippen molar-refractivity contribution in [3.8, 4) is 0 Å². The molecular formula is C26H30N4O8S. The van der Waals surface area contributed by atoms with E-state index in [0.29, 0.717) is 24.0 Å². The van der Waals surface area contributed by atoms with Crippen LogP contribution in [0.25, 0.3) is 0 Å². The molecule has 0 saturated heterocycles. The molecule has 208 valence electrons. The second kappa shape index (κ2) is 11.8. The van der Waals surface area contributed by atoms with Crippen LogP contribution in [0.1, 0.15) is 72.4 Å². The van der Waals surface area contributed by atoms with E-state index >= 15 is 0 Å². The summed E-state index contributed by atoms with van der Waals surface area (Å²) in [6.45, 7) is 6.92. The number of hydrogen-bond donors (Lipinski definition) is 3. The Bertz CT molecular complexity index is 1430. The fourth-order valence-electron chi connectivity index (χ4n) is 3.73. The summed E-state index contributed by atoms with van der Waals surface area (Å²) in [6, 6.07) is 10.1. The van der Waals surface area contributed by atoms with Gasteiger partial charge >= 0.3 is 18.0 Å². The summed E-state index contributed by atoms with van der Waals surface area (Å²) in [5, 5.41) is 2.51. The Morgan fingerprint density at radius 2 is 1.79 bits per heavy atom. The lowest BCUT2D eigenvalue weighted by Crippen LogP contribution is -2.43. The van der Waals surface area contributed by atoms with E-state index in [0.717, 1.165) is 0 Å². The van der Waals surface area contributed by atoms with Crippen molar-refractivity contribution >= 4 is 39.8 Å². The van der Waals surface area contributed by atoms with E-state index in [9.17, 15) is 27.6 Å². The van der Waals surface area contributed by atoms with Crippen molar-refractivity contribution in [3.05, 3.63) is 64.7 Å². The lowest BCUT2D eigenvalue weighted by Gasteiger charge is -2.17. The molecule has 39 heavy (non-hydrogen) atoms. The van der Waals surface area contributed by atoms with E-state index in [2.05, 4.69) is 15.0 Å². The van der Waals surface area contributed by atoms with Crippen LogP contribution < -0.4 is 15.8 Å². The van der Waals surface area contributed by atoms with Crippen molar-refractivity contribution in [1.82, 2.24) is 10.0 Å². The predicted octanol–water partition coefficient (Wildman–Crippen LogP) is 2.40. The monoisotopic (exact) mass is 558 g/mol.